The molecule has 10 heteroatoms. The zero-order valence-electron chi connectivity index (χ0n) is 18.5. The van der Waals surface area contributed by atoms with Gasteiger partial charge in [-0.05, 0) is 5.56 Å². The maximum absolute atomic E-state index is 12.6. The number of benzene rings is 2. The second-order valence-electron chi connectivity index (χ2n) is 7.20. The van der Waals surface area contributed by atoms with Crippen LogP contribution in [0, 0.1) is 0 Å². The molecular formula is C24H22N4O5S. The van der Waals surface area contributed by atoms with Crippen molar-refractivity contribution in [3.05, 3.63) is 59.7 Å². The molecule has 0 aliphatic carbocycles. The number of carbonyl (C=O) groups is 2. The van der Waals surface area contributed by atoms with Crippen molar-refractivity contribution in [1.82, 2.24) is 9.97 Å². The van der Waals surface area contributed by atoms with Crippen molar-refractivity contribution in [3.63, 3.8) is 0 Å². The number of ether oxygens (including phenoxy) is 2. The van der Waals surface area contributed by atoms with E-state index in [0.29, 0.717) is 11.6 Å². The number of carboxylic acid groups (broad SMARTS) is 1. The number of amides is 1. The molecule has 174 valence electrons. The fraction of sp³-hybridized carbons (Fsp3) is 0.167. The number of hydrogen-bond donors (Lipinski definition) is 3. The molecular weight excluding hydrogens is 456 g/mol. The van der Waals surface area contributed by atoms with Crippen LogP contribution in [0.2, 0.25) is 0 Å². The van der Waals surface area contributed by atoms with E-state index in [0.717, 1.165) is 21.3 Å². The van der Waals surface area contributed by atoms with Crippen LogP contribution < -0.4 is 20.1 Å². The largest absolute Gasteiger partial charge is 0.493 e. The van der Waals surface area contributed by atoms with Gasteiger partial charge in [0.1, 0.15) is 17.0 Å². The summed E-state index contributed by atoms with van der Waals surface area (Å²) < 4.78 is 10.4. The van der Waals surface area contributed by atoms with Crippen LogP contribution in [-0.4, -0.2) is 47.7 Å². The monoisotopic (exact) mass is 478 g/mol. The Kier molecular flexibility index (Phi) is 6.88. The highest BCUT2D eigenvalue weighted by Gasteiger charge is 2.18. The van der Waals surface area contributed by atoms with Gasteiger partial charge in [-0.3, -0.25) is 4.79 Å². The normalized spacial score (nSPS) is 10.6. The molecule has 0 saturated heterocycles. The van der Waals surface area contributed by atoms with Gasteiger partial charge in [-0.2, -0.15) is 0 Å². The first-order chi connectivity index (χ1) is 16.5. The Morgan fingerprint density at radius 1 is 1.06 bits per heavy atom. The third-order valence-corrected chi connectivity index (χ3v) is 6.01. The molecule has 0 spiro atoms. The summed E-state index contributed by atoms with van der Waals surface area (Å²) in [6.07, 6.45) is 1.57. The predicted molar refractivity (Wildman–Crippen MR) is 131 cm³/mol. The lowest BCUT2D eigenvalue weighted by molar-refractivity contribution is -0.115. The summed E-state index contributed by atoms with van der Waals surface area (Å²) in [7, 11) is 2.85. The Hall–Kier alpha value is -4.18. The number of aromatic nitrogens is 2. The second kappa shape index (κ2) is 10.2. The Morgan fingerprint density at radius 3 is 2.50 bits per heavy atom. The van der Waals surface area contributed by atoms with E-state index >= 15 is 0 Å². The minimum Gasteiger partial charge on any atom is -0.493 e. The summed E-state index contributed by atoms with van der Waals surface area (Å²) in [4.78, 5) is 33.8. The molecule has 0 atom stereocenters. The van der Waals surface area contributed by atoms with Gasteiger partial charge < -0.3 is 25.2 Å². The Labute approximate surface area is 199 Å². The van der Waals surface area contributed by atoms with Gasteiger partial charge in [-0.25, -0.2) is 14.8 Å². The number of hydrogen-bond acceptors (Lipinski definition) is 8. The standard InChI is InChI=1S/C24H22N4O5S/c1-32-18-10-15(24(30)31)17(11-19(18)33-2)28-20(29)8-9-25-22-21-16(14-6-4-3-5-7-14)12-34-23(21)27-13-26-22/h3-7,10-13H,8-9H2,1-2H3,(H,28,29)(H,30,31)(H,25,26,27). The van der Waals surface area contributed by atoms with Crippen LogP contribution in [0.5, 0.6) is 11.5 Å². The van der Waals surface area contributed by atoms with Gasteiger partial charge in [0.2, 0.25) is 5.91 Å². The van der Waals surface area contributed by atoms with Crippen LogP contribution in [0.1, 0.15) is 16.8 Å². The number of rotatable bonds is 9. The van der Waals surface area contributed by atoms with E-state index in [1.807, 2.05) is 35.7 Å². The number of nitrogens with one attached hydrogen (secondary N) is 2. The van der Waals surface area contributed by atoms with Gasteiger partial charge in [0.15, 0.2) is 11.5 Å². The third kappa shape index (κ3) is 4.76. The van der Waals surface area contributed by atoms with Crippen molar-refractivity contribution in [2.75, 3.05) is 31.4 Å². The quantitative estimate of drug-likeness (QED) is 0.321. The first-order valence-corrected chi connectivity index (χ1v) is 11.2. The van der Waals surface area contributed by atoms with Crippen molar-refractivity contribution >= 4 is 44.9 Å². The van der Waals surface area contributed by atoms with Crippen molar-refractivity contribution in [2.45, 2.75) is 6.42 Å². The van der Waals surface area contributed by atoms with E-state index in [1.165, 1.54) is 44.0 Å². The maximum atomic E-state index is 12.6. The molecule has 3 N–H and O–H groups in total. The number of thiophene rings is 1. The highest BCUT2D eigenvalue weighted by molar-refractivity contribution is 7.17. The Bertz CT molecular complexity index is 1340. The van der Waals surface area contributed by atoms with E-state index < -0.39 is 5.97 Å². The molecule has 1 amide bonds. The third-order valence-electron chi connectivity index (χ3n) is 5.13. The fourth-order valence-electron chi connectivity index (χ4n) is 3.51. The van der Waals surface area contributed by atoms with Crippen LogP contribution in [0.25, 0.3) is 21.3 Å². The predicted octanol–water partition coefficient (Wildman–Crippen LogP) is 4.51. The van der Waals surface area contributed by atoms with Crippen LogP contribution in [0.4, 0.5) is 11.5 Å². The molecule has 0 bridgehead atoms. The summed E-state index contributed by atoms with van der Waals surface area (Å²) in [6, 6.07) is 12.7. The first kappa shape index (κ1) is 23.0. The highest BCUT2D eigenvalue weighted by atomic mass is 32.1. The van der Waals surface area contributed by atoms with Crippen molar-refractivity contribution < 1.29 is 24.2 Å². The molecule has 2 aromatic heterocycles. The zero-order valence-corrected chi connectivity index (χ0v) is 19.3. The van der Waals surface area contributed by atoms with Gasteiger partial charge in [0, 0.05) is 36.0 Å². The van der Waals surface area contributed by atoms with Gasteiger partial charge in [0.25, 0.3) is 0 Å². The van der Waals surface area contributed by atoms with Crippen molar-refractivity contribution in [2.24, 2.45) is 0 Å². The van der Waals surface area contributed by atoms with Gasteiger partial charge in [-0.1, -0.05) is 30.3 Å². The molecule has 2 aromatic carbocycles. The fourth-order valence-corrected chi connectivity index (χ4v) is 4.42. The topological polar surface area (TPSA) is 123 Å². The maximum Gasteiger partial charge on any atom is 0.337 e. The molecule has 4 rings (SSSR count). The molecule has 0 radical (unpaired) electrons. The highest BCUT2D eigenvalue weighted by Crippen LogP contribution is 2.36. The van der Waals surface area contributed by atoms with Crippen LogP contribution in [0.15, 0.2) is 54.2 Å². The van der Waals surface area contributed by atoms with Gasteiger partial charge in [0.05, 0.1) is 30.9 Å². The number of anilines is 2. The summed E-state index contributed by atoms with van der Waals surface area (Å²) in [6.45, 7) is 0.289. The second-order valence-corrected chi connectivity index (χ2v) is 8.06. The lowest BCUT2D eigenvalue weighted by Crippen LogP contribution is -2.18. The molecule has 0 aliphatic heterocycles. The molecule has 2 heterocycles. The van der Waals surface area contributed by atoms with E-state index in [4.69, 9.17) is 9.47 Å². The van der Waals surface area contributed by atoms with E-state index in [9.17, 15) is 14.7 Å². The number of fused-ring (bicyclic) bond motifs is 1. The first-order valence-electron chi connectivity index (χ1n) is 10.3. The van der Waals surface area contributed by atoms with Gasteiger partial charge >= 0.3 is 5.97 Å². The summed E-state index contributed by atoms with van der Waals surface area (Å²) in [5.41, 5.74) is 2.11. The van der Waals surface area contributed by atoms with Crippen molar-refractivity contribution in [3.8, 4) is 22.6 Å². The molecule has 34 heavy (non-hydrogen) atoms. The Morgan fingerprint density at radius 2 is 1.79 bits per heavy atom. The minimum absolute atomic E-state index is 0.0870. The van der Waals surface area contributed by atoms with Crippen LogP contribution in [-0.2, 0) is 4.79 Å². The Balaban J connectivity index is 1.48. The smallest absolute Gasteiger partial charge is 0.337 e. The minimum atomic E-state index is -1.19. The lowest BCUT2D eigenvalue weighted by Gasteiger charge is -2.14. The van der Waals surface area contributed by atoms with Crippen LogP contribution >= 0.6 is 11.3 Å². The lowest BCUT2D eigenvalue weighted by atomic mass is 10.1. The molecule has 0 aliphatic rings. The number of carbonyl (C=O) groups excluding carboxylic acids is 1. The average Bonchev–Trinajstić information content (AvgIpc) is 3.29. The SMILES string of the molecule is COc1cc(NC(=O)CCNc2ncnc3scc(-c4ccccc4)c23)c(C(=O)O)cc1OC. The van der Waals surface area contributed by atoms with Crippen LogP contribution in [0.3, 0.4) is 0 Å². The zero-order chi connectivity index (χ0) is 24.1. The number of carboxylic acids is 1. The van der Waals surface area contributed by atoms with E-state index in [2.05, 4.69) is 20.6 Å². The summed E-state index contributed by atoms with van der Waals surface area (Å²) >= 11 is 1.53. The summed E-state index contributed by atoms with van der Waals surface area (Å²) in [5, 5.41) is 18.3. The molecule has 4 aromatic rings. The molecule has 9 nitrogen and oxygen atoms in total. The molecule has 0 saturated carbocycles. The number of aromatic carboxylic acids is 1. The average molecular weight is 479 g/mol. The molecule has 0 fully saturated rings. The number of nitrogens with zero attached hydrogens (tertiary/aromatic N) is 2. The van der Waals surface area contributed by atoms with E-state index in [1.54, 1.807) is 0 Å². The number of methoxy groups -OCH3 is 2. The van der Waals surface area contributed by atoms with Gasteiger partial charge in [-0.15, -0.1) is 11.3 Å². The van der Waals surface area contributed by atoms with E-state index in [-0.39, 0.29) is 35.9 Å². The molecule has 0 unspecified atom stereocenters. The van der Waals surface area contributed by atoms with Crippen molar-refractivity contribution in [1.29, 1.82) is 0 Å². The summed E-state index contributed by atoms with van der Waals surface area (Å²) in [5.74, 6) is -0.340.